The molecule has 0 aliphatic carbocycles. The largest absolute Gasteiger partial charge is 0.506 e. The van der Waals surface area contributed by atoms with Gasteiger partial charge >= 0.3 is 0 Å². The van der Waals surface area contributed by atoms with Crippen LogP contribution in [-0.2, 0) is 0 Å². The first-order chi connectivity index (χ1) is 12.0. The number of hydrogen-bond donors (Lipinski definition) is 3. The summed E-state index contributed by atoms with van der Waals surface area (Å²) in [6, 6.07) is 9.57. The Morgan fingerprint density at radius 1 is 1.04 bits per heavy atom. The minimum Gasteiger partial charge on any atom is -0.506 e. The minimum atomic E-state index is -0.466. The maximum Gasteiger partial charge on any atom is 0.257 e. The van der Waals surface area contributed by atoms with E-state index in [9.17, 15) is 9.90 Å². The fraction of sp³-hybridized carbons (Fsp3) is 0.176. The zero-order valence-corrected chi connectivity index (χ0v) is 14.8. The van der Waals surface area contributed by atoms with E-state index in [1.807, 2.05) is 0 Å². The van der Waals surface area contributed by atoms with Gasteiger partial charge in [-0.2, -0.15) is 0 Å². The third-order valence-electron chi connectivity index (χ3n) is 3.31. The van der Waals surface area contributed by atoms with Crippen LogP contribution < -0.4 is 24.8 Å². The number of para-hydroxylation sites is 2. The number of carbonyl (C=O) groups is 1. The molecule has 2 aromatic rings. The summed E-state index contributed by atoms with van der Waals surface area (Å²) in [5.41, 5.74) is 0.661. The van der Waals surface area contributed by atoms with Crippen LogP contribution in [0.4, 0.5) is 5.69 Å². The first kappa shape index (κ1) is 18.3. The maximum absolute atomic E-state index is 12.4. The second kappa shape index (κ2) is 8.20. The summed E-state index contributed by atoms with van der Waals surface area (Å²) < 4.78 is 15.7. The normalized spacial score (nSPS) is 9.88. The second-order valence-electron chi connectivity index (χ2n) is 4.84. The molecule has 8 heteroatoms. The van der Waals surface area contributed by atoms with Gasteiger partial charge in [-0.1, -0.05) is 12.1 Å². The molecule has 0 saturated carbocycles. The fourth-order valence-corrected chi connectivity index (χ4v) is 2.32. The lowest BCUT2D eigenvalue weighted by Gasteiger charge is -2.15. The van der Waals surface area contributed by atoms with Gasteiger partial charge in [-0.3, -0.25) is 10.1 Å². The second-order valence-corrected chi connectivity index (χ2v) is 5.25. The third kappa shape index (κ3) is 4.30. The molecule has 0 atom stereocenters. The topological polar surface area (TPSA) is 89.1 Å². The summed E-state index contributed by atoms with van der Waals surface area (Å²) in [6.07, 6.45) is 0. The van der Waals surface area contributed by atoms with Crippen LogP contribution in [0.1, 0.15) is 10.4 Å². The van der Waals surface area contributed by atoms with Crippen molar-refractivity contribution in [3.63, 3.8) is 0 Å². The molecule has 0 aromatic heterocycles. The van der Waals surface area contributed by atoms with Gasteiger partial charge in [-0.25, -0.2) is 0 Å². The summed E-state index contributed by atoms with van der Waals surface area (Å²) in [5, 5.41) is 15.0. The lowest BCUT2D eigenvalue weighted by atomic mass is 10.1. The number of anilines is 1. The number of aromatic hydroxyl groups is 1. The average Bonchev–Trinajstić information content (AvgIpc) is 2.62. The number of hydrogen-bond acceptors (Lipinski definition) is 6. The summed E-state index contributed by atoms with van der Waals surface area (Å²) in [7, 11) is 4.40. The van der Waals surface area contributed by atoms with Crippen LogP contribution in [0, 0.1) is 0 Å². The fourth-order valence-electron chi connectivity index (χ4n) is 2.12. The molecule has 2 aromatic carbocycles. The first-order valence-electron chi connectivity index (χ1n) is 7.20. The van der Waals surface area contributed by atoms with Crippen LogP contribution >= 0.6 is 12.2 Å². The Balaban J connectivity index is 2.17. The molecule has 0 saturated heterocycles. The van der Waals surface area contributed by atoms with Crippen LogP contribution in [-0.4, -0.2) is 37.5 Å². The molecule has 1 amide bonds. The van der Waals surface area contributed by atoms with Crippen molar-refractivity contribution < 1.29 is 24.1 Å². The molecule has 7 nitrogen and oxygen atoms in total. The zero-order chi connectivity index (χ0) is 18.4. The number of carbonyl (C=O) groups excluding carboxylic acids is 1. The van der Waals surface area contributed by atoms with Crippen molar-refractivity contribution in [3.8, 4) is 23.0 Å². The van der Waals surface area contributed by atoms with Gasteiger partial charge in [0.2, 0.25) is 5.75 Å². The summed E-state index contributed by atoms with van der Waals surface area (Å²) in [4.78, 5) is 12.4. The number of ether oxygens (including phenoxy) is 3. The van der Waals surface area contributed by atoms with Gasteiger partial charge in [0.05, 0.1) is 27.0 Å². The Bertz CT molecular complexity index is 769. The van der Waals surface area contributed by atoms with Crippen molar-refractivity contribution in [3.05, 3.63) is 42.0 Å². The molecule has 0 radical (unpaired) electrons. The number of methoxy groups -OCH3 is 3. The van der Waals surface area contributed by atoms with Crippen molar-refractivity contribution in [2.24, 2.45) is 0 Å². The molecule has 0 spiro atoms. The van der Waals surface area contributed by atoms with E-state index in [0.29, 0.717) is 22.9 Å². The molecule has 0 bridgehead atoms. The van der Waals surface area contributed by atoms with E-state index in [0.717, 1.165) is 0 Å². The number of thiocarbonyl (C=S) groups is 1. The molecule has 0 aliphatic heterocycles. The summed E-state index contributed by atoms with van der Waals surface area (Å²) in [5.74, 6) is 0.647. The van der Waals surface area contributed by atoms with Crippen molar-refractivity contribution in [1.29, 1.82) is 0 Å². The number of amides is 1. The predicted octanol–water partition coefficient (Wildman–Crippen LogP) is 2.54. The van der Waals surface area contributed by atoms with Crippen LogP contribution in [0.3, 0.4) is 0 Å². The van der Waals surface area contributed by atoms with Crippen LogP contribution in [0.2, 0.25) is 0 Å². The van der Waals surface area contributed by atoms with Gasteiger partial charge < -0.3 is 24.6 Å². The Morgan fingerprint density at radius 2 is 1.64 bits per heavy atom. The number of benzene rings is 2. The number of phenolic OH excluding ortho intramolecular Hbond substituents is 1. The SMILES string of the molecule is COc1cc(C(=O)NC(=S)Nc2ccccc2O)cc(OC)c1OC. The predicted molar refractivity (Wildman–Crippen MR) is 97.9 cm³/mol. The van der Waals surface area contributed by atoms with Gasteiger partial charge in [-0.05, 0) is 36.5 Å². The van der Waals surface area contributed by atoms with E-state index in [2.05, 4.69) is 10.6 Å². The first-order valence-corrected chi connectivity index (χ1v) is 7.61. The molecule has 0 aliphatic rings. The van der Waals surface area contributed by atoms with E-state index < -0.39 is 5.91 Å². The van der Waals surface area contributed by atoms with E-state index >= 15 is 0 Å². The summed E-state index contributed by atoms with van der Waals surface area (Å²) in [6.45, 7) is 0. The summed E-state index contributed by atoms with van der Waals surface area (Å²) >= 11 is 5.10. The van der Waals surface area contributed by atoms with E-state index in [4.69, 9.17) is 26.4 Å². The lowest BCUT2D eigenvalue weighted by Crippen LogP contribution is -2.34. The van der Waals surface area contributed by atoms with Gasteiger partial charge in [0, 0.05) is 5.56 Å². The third-order valence-corrected chi connectivity index (χ3v) is 3.51. The monoisotopic (exact) mass is 362 g/mol. The Morgan fingerprint density at radius 3 is 2.16 bits per heavy atom. The number of phenols is 1. The van der Waals surface area contributed by atoms with Crippen molar-refractivity contribution >= 4 is 28.9 Å². The molecule has 0 heterocycles. The lowest BCUT2D eigenvalue weighted by molar-refractivity contribution is 0.0977. The smallest absolute Gasteiger partial charge is 0.257 e. The van der Waals surface area contributed by atoms with Gasteiger partial charge in [0.1, 0.15) is 5.75 Å². The van der Waals surface area contributed by atoms with Crippen LogP contribution in [0.25, 0.3) is 0 Å². The van der Waals surface area contributed by atoms with Gasteiger partial charge in [0.25, 0.3) is 5.91 Å². The highest BCUT2D eigenvalue weighted by molar-refractivity contribution is 7.80. The molecule has 25 heavy (non-hydrogen) atoms. The molecule has 3 N–H and O–H groups in total. The maximum atomic E-state index is 12.4. The minimum absolute atomic E-state index is 0.0203. The quantitative estimate of drug-likeness (QED) is 0.556. The molecule has 132 valence electrons. The number of rotatable bonds is 5. The highest BCUT2D eigenvalue weighted by Crippen LogP contribution is 2.38. The highest BCUT2D eigenvalue weighted by atomic mass is 32.1. The van der Waals surface area contributed by atoms with Crippen molar-refractivity contribution in [2.75, 3.05) is 26.6 Å². The van der Waals surface area contributed by atoms with E-state index in [-0.39, 0.29) is 16.4 Å². The Kier molecular flexibility index (Phi) is 6.02. The van der Waals surface area contributed by atoms with Crippen molar-refractivity contribution in [1.82, 2.24) is 5.32 Å². The molecule has 0 unspecified atom stereocenters. The highest BCUT2D eigenvalue weighted by Gasteiger charge is 2.17. The Labute approximate surface area is 150 Å². The van der Waals surface area contributed by atoms with E-state index in [1.165, 1.54) is 39.5 Å². The van der Waals surface area contributed by atoms with E-state index in [1.54, 1.807) is 18.2 Å². The number of nitrogens with one attached hydrogen (secondary N) is 2. The van der Waals surface area contributed by atoms with Crippen LogP contribution in [0.15, 0.2) is 36.4 Å². The molecular weight excluding hydrogens is 344 g/mol. The molecule has 0 fully saturated rings. The van der Waals surface area contributed by atoms with Gasteiger partial charge in [0.15, 0.2) is 16.6 Å². The molecular formula is C17H18N2O5S. The standard InChI is InChI=1S/C17H18N2O5S/c1-22-13-8-10(9-14(23-2)15(13)24-3)16(21)19-17(25)18-11-6-4-5-7-12(11)20/h4-9,20H,1-3H3,(H2,18,19,21,25). The zero-order valence-electron chi connectivity index (χ0n) is 14.0. The van der Waals surface area contributed by atoms with Gasteiger partial charge in [-0.15, -0.1) is 0 Å². The average molecular weight is 362 g/mol. The van der Waals surface area contributed by atoms with Crippen LogP contribution in [0.5, 0.6) is 23.0 Å². The molecule has 2 rings (SSSR count). The Hall–Kier alpha value is -3.00. The van der Waals surface area contributed by atoms with Crippen molar-refractivity contribution in [2.45, 2.75) is 0 Å².